The molecule has 3 heteroatoms. The van der Waals surface area contributed by atoms with Crippen LogP contribution in [-0.2, 0) is 0 Å². The summed E-state index contributed by atoms with van der Waals surface area (Å²) in [6.07, 6.45) is 6.45. The highest BCUT2D eigenvalue weighted by atomic mass is 16.3. The molecule has 0 amide bonds. The molecule has 0 bridgehead atoms. The van der Waals surface area contributed by atoms with Crippen molar-refractivity contribution in [2.45, 2.75) is 44.8 Å². The Morgan fingerprint density at radius 3 is 2.75 bits per heavy atom. The molecule has 0 radical (unpaired) electrons. The van der Waals surface area contributed by atoms with Crippen LogP contribution in [0.25, 0.3) is 0 Å². The fourth-order valence-electron chi connectivity index (χ4n) is 2.49. The number of hydrogen-bond acceptors (Lipinski definition) is 3. The average molecular weight is 220 g/mol. The molecule has 1 aliphatic carbocycles. The first-order valence-electron chi connectivity index (χ1n) is 6.06. The summed E-state index contributed by atoms with van der Waals surface area (Å²) in [5, 5.41) is 9.73. The second kappa shape index (κ2) is 4.83. The van der Waals surface area contributed by atoms with E-state index in [0.717, 1.165) is 11.4 Å². The fraction of sp³-hybridized carbons (Fsp3) is 0.615. The summed E-state index contributed by atoms with van der Waals surface area (Å²) >= 11 is 0. The molecule has 2 rings (SSSR count). The number of rotatable bonds is 3. The summed E-state index contributed by atoms with van der Waals surface area (Å²) in [5.74, 6) is 0.935. The molecule has 3 nitrogen and oxygen atoms in total. The topological polar surface area (TPSA) is 36.4 Å². The van der Waals surface area contributed by atoms with Gasteiger partial charge in [-0.2, -0.15) is 0 Å². The van der Waals surface area contributed by atoms with E-state index in [9.17, 15) is 5.11 Å². The lowest BCUT2D eigenvalue weighted by Gasteiger charge is -2.28. The van der Waals surface area contributed by atoms with E-state index >= 15 is 0 Å². The lowest BCUT2D eigenvalue weighted by atomic mass is 10.1. The number of hydrogen-bond donors (Lipinski definition) is 1. The van der Waals surface area contributed by atoms with Gasteiger partial charge in [0.2, 0.25) is 0 Å². The second-order valence-corrected chi connectivity index (χ2v) is 4.64. The van der Waals surface area contributed by atoms with Gasteiger partial charge in [0.25, 0.3) is 0 Å². The number of aliphatic hydroxyl groups excluding tert-OH is 1. The maximum Gasteiger partial charge on any atom is 0.134 e. The summed E-state index contributed by atoms with van der Waals surface area (Å²) in [4.78, 5) is 6.64. The highest BCUT2D eigenvalue weighted by Gasteiger charge is 2.23. The van der Waals surface area contributed by atoms with Crippen LogP contribution in [-0.4, -0.2) is 23.2 Å². The third kappa shape index (κ3) is 2.19. The molecule has 88 valence electrons. The maximum absolute atomic E-state index is 9.73. The summed E-state index contributed by atoms with van der Waals surface area (Å²) < 4.78 is 0. The van der Waals surface area contributed by atoms with E-state index in [1.54, 1.807) is 13.1 Å². The van der Waals surface area contributed by atoms with Crippen molar-refractivity contribution in [3.63, 3.8) is 0 Å². The highest BCUT2D eigenvalue weighted by Crippen LogP contribution is 2.29. The van der Waals surface area contributed by atoms with E-state index < -0.39 is 6.10 Å². The Labute approximate surface area is 97.1 Å². The van der Waals surface area contributed by atoms with Crippen LogP contribution in [0.5, 0.6) is 0 Å². The summed E-state index contributed by atoms with van der Waals surface area (Å²) in [6.45, 7) is 1.79. The molecule has 1 atom stereocenters. The quantitative estimate of drug-likeness (QED) is 0.850. The number of nitrogens with zero attached hydrogens (tertiary/aromatic N) is 2. The molecule has 0 spiro atoms. The standard InChI is InChI=1S/C13H20N2O/c1-10(16)12-8-5-9-14-13(12)15(2)11-6-3-4-7-11/h5,8-11,16H,3-4,6-7H2,1-2H3. The van der Waals surface area contributed by atoms with E-state index in [0.29, 0.717) is 6.04 Å². The minimum atomic E-state index is -0.451. The van der Waals surface area contributed by atoms with Gasteiger partial charge in [-0.1, -0.05) is 18.9 Å². The van der Waals surface area contributed by atoms with Crippen molar-refractivity contribution < 1.29 is 5.11 Å². The van der Waals surface area contributed by atoms with Gasteiger partial charge in [-0.05, 0) is 25.8 Å². The van der Waals surface area contributed by atoms with Crippen molar-refractivity contribution in [1.29, 1.82) is 0 Å². The van der Waals surface area contributed by atoms with Gasteiger partial charge in [0.15, 0.2) is 0 Å². The summed E-state index contributed by atoms with van der Waals surface area (Å²) in [7, 11) is 2.09. The lowest BCUT2D eigenvalue weighted by molar-refractivity contribution is 0.199. The molecule has 1 N–H and O–H groups in total. The van der Waals surface area contributed by atoms with Gasteiger partial charge < -0.3 is 10.0 Å². The number of anilines is 1. The summed E-state index contributed by atoms with van der Waals surface area (Å²) in [5.41, 5.74) is 0.928. The van der Waals surface area contributed by atoms with Crippen molar-refractivity contribution in [3.05, 3.63) is 23.9 Å². The van der Waals surface area contributed by atoms with Gasteiger partial charge in [0.1, 0.15) is 5.82 Å². The number of pyridine rings is 1. The van der Waals surface area contributed by atoms with Crippen molar-refractivity contribution in [2.24, 2.45) is 0 Å². The molecular formula is C13H20N2O. The maximum atomic E-state index is 9.73. The zero-order chi connectivity index (χ0) is 11.5. The first-order valence-corrected chi connectivity index (χ1v) is 6.06. The van der Waals surface area contributed by atoms with Gasteiger partial charge >= 0.3 is 0 Å². The Morgan fingerprint density at radius 1 is 1.44 bits per heavy atom. The van der Waals surface area contributed by atoms with Crippen LogP contribution >= 0.6 is 0 Å². The fourth-order valence-corrected chi connectivity index (χ4v) is 2.49. The van der Waals surface area contributed by atoms with Crippen LogP contribution < -0.4 is 4.90 Å². The van der Waals surface area contributed by atoms with Crippen molar-refractivity contribution in [3.8, 4) is 0 Å². The minimum absolute atomic E-state index is 0.451. The van der Waals surface area contributed by atoms with E-state index in [1.165, 1.54) is 25.7 Å². The van der Waals surface area contributed by atoms with Crippen LogP contribution in [0.15, 0.2) is 18.3 Å². The molecular weight excluding hydrogens is 200 g/mol. The SMILES string of the molecule is CC(O)c1cccnc1N(C)C1CCCC1. The third-order valence-corrected chi connectivity index (χ3v) is 3.47. The van der Waals surface area contributed by atoms with Crippen molar-refractivity contribution >= 4 is 5.82 Å². The Bertz CT molecular complexity index is 346. The van der Waals surface area contributed by atoms with Crippen molar-refractivity contribution in [1.82, 2.24) is 4.98 Å². The molecule has 1 fully saturated rings. The zero-order valence-electron chi connectivity index (χ0n) is 10.1. The number of aromatic nitrogens is 1. The largest absolute Gasteiger partial charge is 0.389 e. The molecule has 1 saturated carbocycles. The van der Waals surface area contributed by atoms with Gasteiger partial charge in [0.05, 0.1) is 6.10 Å². The Hall–Kier alpha value is -1.09. The molecule has 16 heavy (non-hydrogen) atoms. The monoisotopic (exact) mass is 220 g/mol. The minimum Gasteiger partial charge on any atom is -0.389 e. The van der Waals surface area contributed by atoms with Crippen LogP contribution in [0.3, 0.4) is 0 Å². The van der Waals surface area contributed by atoms with Gasteiger partial charge in [-0.15, -0.1) is 0 Å². The van der Waals surface area contributed by atoms with Crippen LogP contribution in [0.2, 0.25) is 0 Å². The molecule has 1 aromatic heterocycles. The first kappa shape index (κ1) is 11.4. The third-order valence-electron chi connectivity index (χ3n) is 3.47. The summed E-state index contributed by atoms with van der Waals surface area (Å²) in [6, 6.07) is 4.43. The lowest BCUT2D eigenvalue weighted by Crippen LogP contribution is -2.30. The van der Waals surface area contributed by atoms with E-state index in [4.69, 9.17) is 0 Å². The Morgan fingerprint density at radius 2 is 2.12 bits per heavy atom. The van der Waals surface area contributed by atoms with E-state index in [2.05, 4.69) is 16.9 Å². The zero-order valence-corrected chi connectivity index (χ0v) is 10.1. The Balaban J connectivity index is 2.24. The second-order valence-electron chi connectivity index (χ2n) is 4.64. The average Bonchev–Trinajstić information content (AvgIpc) is 2.81. The van der Waals surface area contributed by atoms with Crippen LogP contribution in [0.1, 0.15) is 44.3 Å². The Kier molecular flexibility index (Phi) is 3.44. The molecule has 1 aliphatic rings. The molecule has 1 unspecified atom stereocenters. The van der Waals surface area contributed by atoms with Gasteiger partial charge in [-0.3, -0.25) is 0 Å². The van der Waals surface area contributed by atoms with Crippen LogP contribution in [0, 0.1) is 0 Å². The first-order chi connectivity index (χ1) is 7.70. The van der Waals surface area contributed by atoms with Crippen LogP contribution in [0.4, 0.5) is 5.82 Å². The normalized spacial score (nSPS) is 18.7. The molecule has 1 heterocycles. The number of aliphatic hydroxyl groups is 1. The molecule has 0 aromatic carbocycles. The molecule has 1 aromatic rings. The highest BCUT2D eigenvalue weighted by molar-refractivity contribution is 5.48. The predicted molar refractivity (Wildman–Crippen MR) is 65.5 cm³/mol. The molecule has 0 aliphatic heterocycles. The smallest absolute Gasteiger partial charge is 0.134 e. The van der Waals surface area contributed by atoms with E-state index in [1.807, 2.05) is 12.1 Å². The van der Waals surface area contributed by atoms with Crippen molar-refractivity contribution in [2.75, 3.05) is 11.9 Å². The van der Waals surface area contributed by atoms with E-state index in [-0.39, 0.29) is 0 Å². The molecule has 0 saturated heterocycles. The van der Waals surface area contributed by atoms with Gasteiger partial charge in [-0.25, -0.2) is 4.98 Å². The predicted octanol–water partition coefficient (Wildman–Crippen LogP) is 2.51. The van der Waals surface area contributed by atoms with Gasteiger partial charge in [0, 0.05) is 24.8 Å².